The molecule has 0 fully saturated rings. The van der Waals surface area contributed by atoms with E-state index in [1.54, 1.807) is 6.20 Å². The van der Waals surface area contributed by atoms with Crippen LogP contribution in [0.5, 0.6) is 11.5 Å². The van der Waals surface area contributed by atoms with Crippen LogP contribution in [0.2, 0.25) is 0 Å². The molecule has 0 spiro atoms. The van der Waals surface area contributed by atoms with Gasteiger partial charge in [-0.15, -0.1) is 0 Å². The van der Waals surface area contributed by atoms with E-state index < -0.39 is 0 Å². The number of benzene rings is 1. The van der Waals surface area contributed by atoms with Gasteiger partial charge in [0.1, 0.15) is 11.5 Å². The van der Waals surface area contributed by atoms with Crippen molar-refractivity contribution >= 4 is 0 Å². The molecule has 0 saturated carbocycles. The van der Waals surface area contributed by atoms with E-state index in [-0.39, 0.29) is 0 Å². The second kappa shape index (κ2) is 6.34. The fourth-order valence-corrected chi connectivity index (χ4v) is 2.00. The van der Waals surface area contributed by atoms with Crippen LogP contribution in [0.3, 0.4) is 0 Å². The summed E-state index contributed by atoms with van der Waals surface area (Å²) in [5.74, 6) is 2.08. The number of pyridine rings is 1. The van der Waals surface area contributed by atoms with E-state index >= 15 is 0 Å². The molecule has 0 amide bonds. The fraction of sp³-hybridized carbons (Fsp3) is 0.312. The van der Waals surface area contributed by atoms with Crippen LogP contribution in [0.1, 0.15) is 30.9 Å². The van der Waals surface area contributed by atoms with Crippen molar-refractivity contribution in [1.82, 2.24) is 4.98 Å². The highest BCUT2D eigenvalue weighted by atomic mass is 16.5. The summed E-state index contributed by atoms with van der Waals surface area (Å²) < 4.78 is 5.95. The fourth-order valence-electron chi connectivity index (χ4n) is 2.00. The zero-order valence-electron chi connectivity index (χ0n) is 11.5. The van der Waals surface area contributed by atoms with Crippen molar-refractivity contribution in [1.29, 1.82) is 0 Å². The van der Waals surface area contributed by atoms with Gasteiger partial charge in [-0.1, -0.05) is 32.0 Å². The molecule has 0 bridgehead atoms. The summed E-state index contributed by atoms with van der Waals surface area (Å²) in [5.41, 5.74) is 7.86. The molecule has 0 atom stereocenters. The minimum Gasteiger partial charge on any atom is -0.455 e. The van der Waals surface area contributed by atoms with Crippen LogP contribution in [-0.4, -0.2) is 11.5 Å². The van der Waals surface area contributed by atoms with Gasteiger partial charge in [0.05, 0.1) is 6.20 Å². The summed E-state index contributed by atoms with van der Waals surface area (Å²) in [7, 11) is 0. The number of nitrogens with two attached hydrogens (primary N) is 1. The van der Waals surface area contributed by atoms with Crippen LogP contribution >= 0.6 is 0 Å². The van der Waals surface area contributed by atoms with Crippen LogP contribution in [0.4, 0.5) is 0 Å². The molecule has 0 aliphatic rings. The molecule has 0 aliphatic heterocycles. The van der Waals surface area contributed by atoms with E-state index in [1.807, 2.05) is 30.5 Å². The quantitative estimate of drug-likeness (QED) is 0.890. The van der Waals surface area contributed by atoms with Crippen LogP contribution in [0, 0.1) is 0 Å². The Hall–Kier alpha value is -1.87. The summed E-state index contributed by atoms with van der Waals surface area (Å²) in [6.07, 6.45) is 4.38. The number of para-hydroxylation sites is 1. The van der Waals surface area contributed by atoms with Gasteiger partial charge < -0.3 is 10.5 Å². The van der Waals surface area contributed by atoms with Gasteiger partial charge in [-0.25, -0.2) is 0 Å². The first kappa shape index (κ1) is 13.6. The van der Waals surface area contributed by atoms with Gasteiger partial charge in [0.2, 0.25) is 0 Å². The Kier molecular flexibility index (Phi) is 4.53. The number of nitrogens with zero attached hydrogens (tertiary/aromatic N) is 1. The van der Waals surface area contributed by atoms with Gasteiger partial charge in [0.15, 0.2) is 0 Å². The maximum absolute atomic E-state index is 5.95. The minimum absolute atomic E-state index is 0.427. The molecule has 2 aromatic rings. The molecule has 2 N–H and O–H groups in total. The highest BCUT2D eigenvalue weighted by molar-refractivity contribution is 5.39. The Morgan fingerprint density at radius 3 is 2.74 bits per heavy atom. The predicted octanol–water partition coefficient (Wildman–Crippen LogP) is 3.50. The van der Waals surface area contributed by atoms with Crippen LogP contribution in [-0.2, 0) is 6.42 Å². The van der Waals surface area contributed by atoms with Crippen molar-refractivity contribution < 1.29 is 4.74 Å². The van der Waals surface area contributed by atoms with Gasteiger partial charge >= 0.3 is 0 Å². The molecular weight excluding hydrogens is 236 g/mol. The van der Waals surface area contributed by atoms with Gasteiger partial charge in [0, 0.05) is 6.20 Å². The van der Waals surface area contributed by atoms with E-state index in [9.17, 15) is 0 Å². The summed E-state index contributed by atoms with van der Waals surface area (Å²) in [5, 5.41) is 0. The number of ether oxygens (including phenoxy) is 1. The minimum atomic E-state index is 0.427. The smallest absolute Gasteiger partial charge is 0.145 e. The molecular formula is C16H20N2O. The Labute approximate surface area is 114 Å². The lowest BCUT2D eigenvalue weighted by atomic mass is 10.0. The molecule has 2 rings (SSSR count). The van der Waals surface area contributed by atoms with E-state index in [0.29, 0.717) is 12.5 Å². The van der Waals surface area contributed by atoms with Crippen LogP contribution < -0.4 is 10.5 Å². The monoisotopic (exact) mass is 256 g/mol. The van der Waals surface area contributed by atoms with Crippen molar-refractivity contribution in [3.05, 3.63) is 53.9 Å². The Morgan fingerprint density at radius 2 is 2.00 bits per heavy atom. The normalized spacial score (nSPS) is 10.7. The van der Waals surface area contributed by atoms with Crippen LogP contribution in [0.15, 0.2) is 42.7 Å². The Balaban J connectivity index is 2.23. The summed E-state index contributed by atoms with van der Waals surface area (Å²) in [6.45, 7) is 4.93. The number of aromatic nitrogens is 1. The zero-order chi connectivity index (χ0) is 13.7. The average molecular weight is 256 g/mol. The highest BCUT2D eigenvalue weighted by Gasteiger charge is 2.08. The largest absolute Gasteiger partial charge is 0.455 e. The number of hydrogen-bond donors (Lipinski definition) is 1. The molecule has 19 heavy (non-hydrogen) atoms. The molecule has 1 heterocycles. The first-order chi connectivity index (χ1) is 9.20. The van der Waals surface area contributed by atoms with Crippen molar-refractivity contribution in [2.45, 2.75) is 26.2 Å². The second-order valence-electron chi connectivity index (χ2n) is 4.86. The van der Waals surface area contributed by atoms with Gasteiger partial charge in [-0.05, 0) is 42.1 Å². The molecule has 100 valence electrons. The molecule has 3 nitrogen and oxygen atoms in total. The average Bonchev–Trinajstić information content (AvgIpc) is 2.40. The predicted molar refractivity (Wildman–Crippen MR) is 77.6 cm³/mol. The maximum atomic E-state index is 5.95. The third-order valence-corrected chi connectivity index (χ3v) is 2.97. The Morgan fingerprint density at radius 1 is 1.21 bits per heavy atom. The second-order valence-corrected chi connectivity index (χ2v) is 4.86. The topological polar surface area (TPSA) is 48.1 Å². The maximum Gasteiger partial charge on any atom is 0.145 e. The summed E-state index contributed by atoms with van der Waals surface area (Å²) in [6, 6.07) is 10.1. The highest BCUT2D eigenvalue weighted by Crippen LogP contribution is 2.30. The third kappa shape index (κ3) is 3.55. The lowest BCUT2D eigenvalue weighted by molar-refractivity contribution is 0.470. The van der Waals surface area contributed by atoms with Gasteiger partial charge in [-0.2, -0.15) is 0 Å². The van der Waals surface area contributed by atoms with E-state index in [4.69, 9.17) is 10.5 Å². The van der Waals surface area contributed by atoms with Crippen molar-refractivity contribution in [2.75, 3.05) is 6.54 Å². The Bertz CT molecular complexity index is 538. The van der Waals surface area contributed by atoms with Crippen molar-refractivity contribution in [2.24, 2.45) is 5.73 Å². The van der Waals surface area contributed by atoms with E-state index in [0.717, 1.165) is 23.5 Å². The van der Waals surface area contributed by atoms with Crippen molar-refractivity contribution in [3.63, 3.8) is 0 Å². The lowest BCUT2D eigenvalue weighted by Crippen LogP contribution is -2.03. The molecule has 1 aromatic heterocycles. The zero-order valence-corrected chi connectivity index (χ0v) is 11.5. The third-order valence-electron chi connectivity index (χ3n) is 2.97. The molecule has 3 heteroatoms. The summed E-state index contributed by atoms with van der Waals surface area (Å²) >= 11 is 0. The van der Waals surface area contributed by atoms with E-state index in [2.05, 4.69) is 24.9 Å². The molecule has 0 radical (unpaired) electrons. The van der Waals surface area contributed by atoms with Gasteiger partial charge in [0.25, 0.3) is 0 Å². The summed E-state index contributed by atoms with van der Waals surface area (Å²) in [4.78, 5) is 4.19. The number of hydrogen-bond acceptors (Lipinski definition) is 3. The standard InChI is InChI=1S/C16H20N2O/c1-12(2)15-5-3-4-6-16(15)19-14-9-13(7-8-17)10-18-11-14/h3-6,9-12H,7-8,17H2,1-2H3. The molecule has 0 aliphatic carbocycles. The molecule has 0 unspecified atom stereocenters. The lowest BCUT2D eigenvalue weighted by Gasteiger charge is -2.13. The van der Waals surface area contributed by atoms with Crippen LogP contribution in [0.25, 0.3) is 0 Å². The SMILES string of the molecule is CC(C)c1ccccc1Oc1cncc(CCN)c1. The first-order valence-corrected chi connectivity index (χ1v) is 6.61. The van der Waals surface area contributed by atoms with Gasteiger partial charge in [-0.3, -0.25) is 4.98 Å². The number of rotatable bonds is 5. The van der Waals surface area contributed by atoms with Crippen molar-refractivity contribution in [3.8, 4) is 11.5 Å². The van der Waals surface area contributed by atoms with E-state index in [1.165, 1.54) is 5.56 Å². The molecule has 0 saturated heterocycles. The molecule has 1 aromatic carbocycles. The first-order valence-electron chi connectivity index (χ1n) is 6.61.